The summed E-state index contributed by atoms with van der Waals surface area (Å²) in [4.78, 5) is 6.71. The second-order valence-electron chi connectivity index (χ2n) is 4.19. The van der Waals surface area contributed by atoms with E-state index in [1.165, 1.54) is 5.56 Å². The molecule has 0 bridgehead atoms. The molecule has 3 nitrogen and oxygen atoms in total. The van der Waals surface area contributed by atoms with Gasteiger partial charge in [-0.2, -0.15) is 0 Å². The lowest BCUT2D eigenvalue weighted by Crippen LogP contribution is -2.23. The van der Waals surface area contributed by atoms with Crippen molar-refractivity contribution in [3.05, 3.63) is 29.8 Å². The molecule has 0 unspecified atom stereocenters. The Morgan fingerprint density at radius 2 is 2.12 bits per heavy atom. The number of hydrogen-bond acceptors (Lipinski definition) is 2. The van der Waals surface area contributed by atoms with Gasteiger partial charge in [0.25, 0.3) is 0 Å². The van der Waals surface area contributed by atoms with Crippen LogP contribution in [0.1, 0.15) is 18.9 Å². The third-order valence-electron chi connectivity index (χ3n) is 2.62. The number of ether oxygens (including phenoxy) is 1. The van der Waals surface area contributed by atoms with Crippen LogP contribution in [0.2, 0.25) is 0 Å². The molecule has 1 aromatic carbocycles. The summed E-state index contributed by atoms with van der Waals surface area (Å²) in [7, 11) is 5.74. The minimum absolute atomic E-state index is 0.699. The molecule has 0 N–H and O–H groups in total. The van der Waals surface area contributed by atoms with Crippen molar-refractivity contribution in [2.45, 2.75) is 19.8 Å². The quantitative estimate of drug-likeness (QED) is 0.578. The molecule has 0 atom stereocenters. The summed E-state index contributed by atoms with van der Waals surface area (Å²) in [5.41, 5.74) is 2.33. The molecule has 0 saturated carbocycles. The van der Waals surface area contributed by atoms with Crippen LogP contribution in [0.5, 0.6) is 0 Å². The van der Waals surface area contributed by atoms with Crippen molar-refractivity contribution in [3.8, 4) is 0 Å². The Hall–Kier alpha value is -1.35. The van der Waals surface area contributed by atoms with Crippen LogP contribution in [-0.4, -0.2) is 38.5 Å². The van der Waals surface area contributed by atoms with Crippen LogP contribution in [0.15, 0.2) is 29.3 Å². The third-order valence-corrected chi connectivity index (χ3v) is 2.62. The fourth-order valence-corrected chi connectivity index (χ4v) is 1.57. The Morgan fingerprint density at radius 3 is 2.71 bits per heavy atom. The Bertz CT molecular complexity index is 372. The Morgan fingerprint density at radius 1 is 1.35 bits per heavy atom. The lowest BCUT2D eigenvalue weighted by Gasteiger charge is -2.15. The summed E-state index contributed by atoms with van der Waals surface area (Å²) in [5, 5.41) is 0. The van der Waals surface area contributed by atoms with Crippen LogP contribution in [0.25, 0.3) is 0 Å². The van der Waals surface area contributed by atoms with Gasteiger partial charge < -0.3 is 9.64 Å². The largest absolute Gasteiger partial charge is 0.384 e. The Balaban J connectivity index is 2.87. The minimum atomic E-state index is 0.699. The van der Waals surface area contributed by atoms with Gasteiger partial charge in [-0.05, 0) is 24.1 Å². The monoisotopic (exact) mass is 234 g/mol. The third kappa shape index (κ3) is 4.57. The van der Waals surface area contributed by atoms with E-state index in [9.17, 15) is 0 Å². The number of amidine groups is 1. The first-order valence-corrected chi connectivity index (χ1v) is 6.00. The average molecular weight is 234 g/mol. The molecular weight excluding hydrogens is 212 g/mol. The summed E-state index contributed by atoms with van der Waals surface area (Å²) in [5.74, 6) is 1.04. The molecule has 0 saturated heterocycles. The lowest BCUT2D eigenvalue weighted by molar-refractivity contribution is 0.205. The van der Waals surface area contributed by atoms with Gasteiger partial charge in [0.1, 0.15) is 5.84 Å². The minimum Gasteiger partial charge on any atom is -0.384 e. The zero-order chi connectivity index (χ0) is 12.7. The van der Waals surface area contributed by atoms with Gasteiger partial charge in [0.05, 0.1) is 12.3 Å². The van der Waals surface area contributed by atoms with Crippen LogP contribution in [0.4, 0.5) is 5.69 Å². The second-order valence-corrected chi connectivity index (χ2v) is 4.19. The highest BCUT2D eigenvalue weighted by Gasteiger charge is 2.02. The number of aliphatic imine (C=N–C) groups is 1. The topological polar surface area (TPSA) is 24.8 Å². The molecule has 94 valence electrons. The van der Waals surface area contributed by atoms with Gasteiger partial charge in [-0.15, -0.1) is 0 Å². The van der Waals surface area contributed by atoms with Gasteiger partial charge in [-0.1, -0.05) is 19.1 Å². The van der Waals surface area contributed by atoms with Gasteiger partial charge in [0.15, 0.2) is 0 Å². The number of hydrogen-bond donors (Lipinski definition) is 0. The SMILES string of the molecule is CCc1cccc(N=C(CCOC)N(C)C)c1. The second kappa shape index (κ2) is 7.07. The highest BCUT2D eigenvalue weighted by molar-refractivity contribution is 5.84. The molecule has 0 radical (unpaired) electrons. The Labute approximate surface area is 104 Å². The van der Waals surface area contributed by atoms with E-state index >= 15 is 0 Å². The van der Waals surface area contributed by atoms with Crippen molar-refractivity contribution >= 4 is 11.5 Å². The van der Waals surface area contributed by atoms with Gasteiger partial charge in [0.2, 0.25) is 0 Å². The standard InChI is InChI=1S/C14H22N2O/c1-5-12-7-6-8-13(11-12)15-14(16(2)3)9-10-17-4/h6-8,11H,5,9-10H2,1-4H3. The van der Waals surface area contributed by atoms with Crippen molar-refractivity contribution < 1.29 is 4.74 Å². The van der Waals surface area contributed by atoms with Gasteiger partial charge in [-0.3, -0.25) is 0 Å². The maximum atomic E-state index is 5.10. The highest BCUT2D eigenvalue weighted by Crippen LogP contribution is 2.15. The van der Waals surface area contributed by atoms with E-state index in [1.54, 1.807) is 7.11 Å². The molecule has 0 amide bonds. The molecular formula is C14H22N2O. The summed E-state index contributed by atoms with van der Waals surface area (Å²) in [6, 6.07) is 8.36. The number of rotatable bonds is 5. The van der Waals surface area contributed by atoms with E-state index in [0.717, 1.165) is 24.4 Å². The van der Waals surface area contributed by atoms with Crippen LogP contribution in [-0.2, 0) is 11.2 Å². The van der Waals surface area contributed by atoms with Gasteiger partial charge >= 0.3 is 0 Å². The van der Waals surface area contributed by atoms with Crippen molar-refractivity contribution in [1.29, 1.82) is 0 Å². The fourth-order valence-electron chi connectivity index (χ4n) is 1.57. The first kappa shape index (κ1) is 13.7. The summed E-state index contributed by atoms with van der Waals surface area (Å²) < 4.78 is 5.10. The summed E-state index contributed by atoms with van der Waals surface area (Å²) >= 11 is 0. The summed E-state index contributed by atoms with van der Waals surface area (Å²) in [6.45, 7) is 2.85. The van der Waals surface area contributed by atoms with Crippen LogP contribution < -0.4 is 0 Å². The number of benzene rings is 1. The number of methoxy groups -OCH3 is 1. The number of aryl methyl sites for hydroxylation is 1. The predicted molar refractivity (Wildman–Crippen MR) is 73.1 cm³/mol. The zero-order valence-electron chi connectivity index (χ0n) is 11.2. The first-order valence-electron chi connectivity index (χ1n) is 6.00. The first-order chi connectivity index (χ1) is 8.17. The van der Waals surface area contributed by atoms with Crippen molar-refractivity contribution in [2.75, 3.05) is 27.8 Å². The van der Waals surface area contributed by atoms with Crippen molar-refractivity contribution in [2.24, 2.45) is 4.99 Å². The van der Waals surface area contributed by atoms with Crippen molar-refractivity contribution in [3.63, 3.8) is 0 Å². The van der Waals surface area contributed by atoms with Gasteiger partial charge in [0, 0.05) is 27.6 Å². The molecule has 0 aliphatic heterocycles. The molecule has 0 aromatic heterocycles. The maximum absolute atomic E-state index is 5.10. The molecule has 1 aromatic rings. The van der Waals surface area contributed by atoms with Gasteiger partial charge in [-0.25, -0.2) is 4.99 Å². The van der Waals surface area contributed by atoms with Crippen LogP contribution in [0.3, 0.4) is 0 Å². The molecule has 0 aliphatic carbocycles. The van der Waals surface area contributed by atoms with E-state index in [4.69, 9.17) is 4.74 Å². The lowest BCUT2D eigenvalue weighted by atomic mass is 10.1. The molecule has 0 spiro atoms. The zero-order valence-corrected chi connectivity index (χ0v) is 11.2. The number of nitrogens with zero attached hydrogens (tertiary/aromatic N) is 2. The molecule has 3 heteroatoms. The van der Waals surface area contributed by atoms with E-state index in [2.05, 4.69) is 30.1 Å². The predicted octanol–water partition coefficient (Wildman–Crippen LogP) is 2.88. The van der Waals surface area contributed by atoms with E-state index in [0.29, 0.717) is 6.61 Å². The fraction of sp³-hybridized carbons (Fsp3) is 0.500. The normalized spacial score (nSPS) is 11.6. The maximum Gasteiger partial charge on any atom is 0.107 e. The van der Waals surface area contributed by atoms with E-state index in [-0.39, 0.29) is 0 Å². The van der Waals surface area contributed by atoms with Crippen LogP contribution in [0, 0.1) is 0 Å². The molecule has 1 rings (SSSR count). The van der Waals surface area contributed by atoms with Crippen LogP contribution >= 0.6 is 0 Å². The van der Waals surface area contributed by atoms with E-state index < -0.39 is 0 Å². The molecule has 0 fully saturated rings. The molecule has 0 aliphatic rings. The van der Waals surface area contributed by atoms with E-state index in [1.807, 2.05) is 25.1 Å². The molecule has 0 heterocycles. The van der Waals surface area contributed by atoms with Crippen molar-refractivity contribution in [1.82, 2.24) is 4.90 Å². The Kier molecular flexibility index (Phi) is 5.70. The smallest absolute Gasteiger partial charge is 0.107 e. The highest BCUT2D eigenvalue weighted by atomic mass is 16.5. The summed E-state index contributed by atoms with van der Waals surface area (Å²) in [6.07, 6.45) is 1.87. The average Bonchev–Trinajstić information content (AvgIpc) is 2.34. The molecule has 17 heavy (non-hydrogen) atoms.